The maximum Gasteiger partial charge on any atom is 0.0456 e. The summed E-state index contributed by atoms with van der Waals surface area (Å²) in [4.78, 5) is 3.37. The van der Waals surface area contributed by atoms with Crippen molar-refractivity contribution in [1.29, 1.82) is 0 Å². The molecule has 1 atom stereocenters. The van der Waals surface area contributed by atoms with Gasteiger partial charge in [0.25, 0.3) is 0 Å². The number of aromatic nitrogens is 1. The van der Waals surface area contributed by atoms with Crippen molar-refractivity contribution in [1.82, 2.24) is 10.3 Å². The van der Waals surface area contributed by atoms with E-state index < -0.39 is 0 Å². The molecule has 0 spiro atoms. The van der Waals surface area contributed by atoms with Crippen LogP contribution in [0.4, 0.5) is 0 Å². The molecule has 1 heterocycles. The molecule has 0 bridgehead atoms. The Balaban J connectivity index is 1.57. The molecule has 3 heteroatoms. The van der Waals surface area contributed by atoms with Gasteiger partial charge in [0, 0.05) is 29.7 Å². The number of para-hydroxylation sites is 1. The third-order valence-corrected chi connectivity index (χ3v) is 5.34. The zero-order valence-corrected chi connectivity index (χ0v) is 13.2. The minimum atomic E-state index is 0.536. The van der Waals surface area contributed by atoms with Gasteiger partial charge in [-0.15, -0.1) is 0 Å². The molecular formula is C17H24N2S. The number of aromatic amines is 1. The van der Waals surface area contributed by atoms with Crippen molar-refractivity contribution in [2.24, 2.45) is 5.41 Å². The van der Waals surface area contributed by atoms with Crippen LogP contribution in [0.1, 0.15) is 25.3 Å². The Bertz CT molecular complexity index is 571. The van der Waals surface area contributed by atoms with Crippen LogP contribution in [0.5, 0.6) is 0 Å². The number of hydrogen-bond acceptors (Lipinski definition) is 2. The van der Waals surface area contributed by atoms with E-state index in [4.69, 9.17) is 0 Å². The highest BCUT2D eigenvalue weighted by atomic mass is 32.2. The number of rotatable bonds is 7. The summed E-state index contributed by atoms with van der Waals surface area (Å²) in [6.07, 6.45) is 8.29. The molecule has 1 fully saturated rings. The van der Waals surface area contributed by atoms with Gasteiger partial charge in [0.2, 0.25) is 0 Å². The number of nitrogens with one attached hydrogen (secondary N) is 2. The Morgan fingerprint density at radius 3 is 2.90 bits per heavy atom. The second kappa shape index (κ2) is 5.82. The fourth-order valence-corrected chi connectivity index (χ4v) is 3.95. The summed E-state index contributed by atoms with van der Waals surface area (Å²) in [6, 6.07) is 9.10. The van der Waals surface area contributed by atoms with Crippen LogP contribution in [0, 0.1) is 5.41 Å². The van der Waals surface area contributed by atoms with E-state index in [0.29, 0.717) is 11.5 Å². The Kier molecular flexibility index (Phi) is 4.08. The molecule has 3 rings (SSSR count). The molecule has 1 aliphatic rings. The Labute approximate surface area is 125 Å². The smallest absolute Gasteiger partial charge is 0.0456 e. The zero-order chi connectivity index (χ0) is 14.0. The van der Waals surface area contributed by atoms with E-state index in [1.54, 1.807) is 0 Å². The van der Waals surface area contributed by atoms with Gasteiger partial charge in [-0.1, -0.05) is 18.2 Å². The predicted octanol–water partition coefficient (Wildman–Crippen LogP) is 3.83. The number of benzene rings is 1. The minimum Gasteiger partial charge on any atom is -0.361 e. The maximum absolute atomic E-state index is 3.75. The van der Waals surface area contributed by atoms with Gasteiger partial charge in [-0.05, 0) is 55.2 Å². The van der Waals surface area contributed by atoms with E-state index in [1.807, 2.05) is 11.8 Å². The Morgan fingerprint density at radius 2 is 2.15 bits per heavy atom. The third kappa shape index (κ3) is 3.04. The topological polar surface area (TPSA) is 27.8 Å². The van der Waals surface area contributed by atoms with E-state index in [9.17, 15) is 0 Å². The van der Waals surface area contributed by atoms with Gasteiger partial charge >= 0.3 is 0 Å². The first kappa shape index (κ1) is 14.0. The SMILES string of the molecule is CSCC1(CNC(C)Cc2c[nH]c3ccccc23)CC1. The summed E-state index contributed by atoms with van der Waals surface area (Å²) >= 11 is 1.98. The van der Waals surface area contributed by atoms with Crippen molar-refractivity contribution in [2.45, 2.75) is 32.2 Å². The number of H-pyrrole nitrogens is 1. The summed E-state index contributed by atoms with van der Waals surface area (Å²) in [5.41, 5.74) is 3.28. The monoisotopic (exact) mass is 288 g/mol. The van der Waals surface area contributed by atoms with Gasteiger partial charge < -0.3 is 10.3 Å². The van der Waals surface area contributed by atoms with Gasteiger partial charge in [0.05, 0.1) is 0 Å². The second-order valence-electron chi connectivity index (χ2n) is 6.28. The zero-order valence-electron chi connectivity index (χ0n) is 12.4. The molecule has 1 aromatic carbocycles. The lowest BCUT2D eigenvalue weighted by Crippen LogP contribution is -2.34. The van der Waals surface area contributed by atoms with E-state index in [0.717, 1.165) is 6.42 Å². The van der Waals surface area contributed by atoms with Crippen molar-refractivity contribution in [3.8, 4) is 0 Å². The molecule has 0 radical (unpaired) electrons. The van der Waals surface area contributed by atoms with Crippen LogP contribution in [0.2, 0.25) is 0 Å². The number of thioether (sulfide) groups is 1. The average Bonchev–Trinajstić information content (AvgIpc) is 3.11. The van der Waals surface area contributed by atoms with Crippen LogP contribution in [0.3, 0.4) is 0 Å². The van der Waals surface area contributed by atoms with Crippen LogP contribution in [0.15, 0.2) is 30.5 Å². The molecule has 108 valence electrons. The number of hydrogen-bond donors (Lipinski definition) is 2. The van der Waals surface area contributed by atoms with E-state index in [2.05, 4.69) is 53.9 Å². The van der Waals surface area contributed by atoms with Crippen molar-refractivity contribution in [3.05, 3.63) is 36.0 Å². The molecule has 1 unspecified atom stereocenters. The lowest BCUT2D eigenvalue weighted by Gasteiger charge is -2.19. The van der Waals surface area contributed by atoms with Crippen LogP contribution in [-0.2, 0) is 6.42 Å². The highest BCUT2D eigenvalue weighted by Crippen LogP contribution is 2.47. The van der Waals surface area contributed by atoms with Crippen LogP contribution in [-0.4, -0.2) is 29.6 Å². The Hall–Kier alpha value is -0.930. The van der Waals surface area contributed by atoms with E-state index >= 15 is 0 Å². The first-order valence-corrected chi connectivity index (χ1v) is 8.89. The highest BCUT2D eigenvalue weighted by molar-refractivity contribution is 7.98. The summed E-state index contributed by atoms with van der Waals surface area (Å²) < 4.78 is 0. The van der Waals surface area contributed by atoms with Crippen LogP contribution < -0.4 is 5.32 Å². The molecule has 1 saturated carbocycles. The van der Waals surface area contributed by atoms with Gasteiger partial charge in [0.1, 0.15) is 0 Å². The Morgan fingerprint density at radius 1 is 1.35 bits per heavy atom. The molecule has 2 N–H and O–H groups in total. The largest absolute Gasteiger partial charge is 0.361 e. The molecule has 2 nitrogen and oxygen atoms in total. The maximum atomic E-state index is 3.75. The summed E-state index contributed by atoms with van der Waals surface area (Å²) in [5, 5.41) is 5.11. The average molecular weight is 288 g/mol. The molecule has 2 aromatic rings. The second-order valence-corrected chi connectivity index (χ2v) is 7.14. The fourth-order valence-electron chi connectivity index (χ4n) is 2.95. The molecule has 1 aliphatic carbocycles. The fraction of sp³-hybridized carbons (Fsp3) is 0.529. The summed E-state index contributed by atoms with van der Waals surface area (Å²) in [5.74, 6) is 1.31. The number of fused-ring (bicyclic) bond motifs is 1. The molecule has 0 saturated heterocycles. The lowest BCUT2D eigenvalue weighted by atomic mass is 10.0. The van der Waals surface area contributed by atoms with Crippen molar-refractivity contribution in [3.63, 3.8) is 0 Å². The minimum absolute atomic E-state index is 0.536. The van der Waals surface area contributed by atoms with E-state index in [-0.39, 0.29) is 0 Å². The van der Waals surface area contributed by atoms with E-state index in [1.165, 1.54) is 41.6 Å². The molecule has 0 amide bonds. The molecule has 20 heavy (non-hydrogen) atoms. The predicted molar refractivity (Wildman–Crippen MR) is 89.5 cm³/mol. The van der Waals surface area contributed by atoms with Crippen molar-refractivity contribution in [2.75, 3.05) is 18.6 Å². The van der Waals surface area contributed by atoms with Crippen molar-refractivity contribution < 1.29 is 0 Å². The highest BCUT2D eigenvalue weighted by Gasteiger charge is 2.41. The van der Waals surface area contributed by atoms with Gasteiger partial charge in [0.15, 0.2) is 0 Å². The van der Waals surface area contributed by atoms with Crippen LogP contribution in [0.25, 0.3) is 10.9 Å². The lowest BCUT2D eigenvalue weighted by molar-refractivity contribution is 0.453. The first-order chi connectivity index (χ1) is 9.72. The summed E-state index contributed by atoms with van der Waals surface area (Å²) in [7, 11) is 0. The van der Waals surface area contributed by atoms with Crippen LogP contribution >= 0.6 is 11.8 Å². The first-order valence-electron chi connectivity index (χ1n) is 7.50. The van der Waals surface area contributed by atoms with Crippen molar-refractivity contribution >= 4 is 22.7 Å². The quantitative estimate of drug-likeness (QED) is 0.810. The molecule has 0 aliphatic heterocycles. The standard InChI is InChI=1S/C17H24N2S/c1-13(19-11-17(7-8-17)12-20-2)9-14-10-18-16-6-4-3-5-15(14)16/h3-6,10,13,18-19H,7-9,11-12H2,1-2H3. The van der Waals surface area contributed by atoms with Gasteiger partial charge in [-0.2, -0.15) is 11.8 Å². The molecule has 1 aromatic heterocycles. The third-order valence-electron chi connectivity index (χ3n) is 4.43. The van der Waals surface area contributed by atoms with Gasteiger partial charge in [-0.25, -0.2) is 0 Å². The summed E-state index contributed by atoms with van der Waals surface area (Å²) in [6.45, 7) is 3.48. The van der Waals surface area contributed by atoms with Gasteiger partial charge in [-0.3, -0.25) is 0 Å². The normalized spacial score (nSPS) is 18.3. The molecular weight excluding hydrogens is 264 g/mol.